The number of rotatable bonds is 3. The van der Waals surface area contributed by atoms with E-state index < -0.39 is 35.8 Å². The van der Waals surface area contributed by atoms with E-state index in [-0.39, 0.29) is 17.4 Å². The molecule has 0 saturated carbocycles. The molecule has 2 heterocycles. The van der Waals surface area contributed by atoms with Gasteiger partial charge < -0.3 is 24.3 Å². The number of hydrogen-bond donors (Lipinski definition) is 1. The number of carbonyl (C=O) groups excluding carboxylic acids is 2. The van der Waals surface area contributed by atoms with Gasteiger partial charge in [0.1, 0.15) is 11.4 Å². The van der Waals surface area contributed by atoms with E-state index in [0.29, 0.717) is 25.1 Å². The van der Waals surface area contributed by atoms with Crippen LogP contribution in [-0.4, -0.2) is 60.0 Å². The number of amides is 2. The Morgan fingerprint density at radius 1 is 1.19 bits per heavy atom. The molecule has 9 heteroatoms. The van der Waals surface area contributed by atoms with Gasteiger partial charge in [-0.05, 0) is 73.1 Å². The van der Waals surface area contributed by atoms with Crippen molar-refractivity contribution < 1.29 is 28.0 Å². The fourth-order valence-electron chi connectivity index (χ4n) is 3.47. The van der Waals surface area contributed by atoms with Crippen LogP contribution in [0.3, 0.4) is 0 Å². The third-order valence-electron chi connectivity index (χ3n) is 5.94. The Morgan fingerprint density at radius 3 is 2.39 bits per heavy atom. The van der Waals surface area contributed by atoms with E-state index in [1.54, 1.807) is 4.90 Å². The number of nitrogens with zero attached hydrogens (tertiary/aromatic N) is 1. The van der Waals surface area contributed by atoms with Crippen LogP contribution in [0.5, 0.6) is 0 Å². The van der Waals surface area contributed by atoms with E-state index >= 15 is 0 Å². The summed E-state index contributed by atoms with van der Waals surface area (Å²) in [5, 5.41) is 2.92. The molecule has 1 aromatic carbocycles. The zero-order chi connectivity index (χ0) is 23.2. The van der Waals surface area contributed by atoms with Crippen LogP contribution in [0, 0.1) is 5.82 Å². The number of benzene rings is 1. The van der Waals surface area contributed by atoms with Crippen molar-refractivity contribution in [3.05, 3.63) is 29.6 Å². The molecule has 7 nitrogen and oxygen atoms in total. The summed E-state index contributed by atoms with van der Waals surface area (Å²) < 4.78 is 31.8. The van der Waals surface area contributed by atoms with Crippen molar-refractivity contribution in [1.29, 1.82) is 0 Å². The predicted octanol–water partition coefficient (Wildman–Crippen LogP) is 2.86. The van der Waals surface area contributed by atoms with Crippen molar-refractivity contribution in [3.8, 4) is 0 Å². The summed E-state index contributed by atoms with van der Waals surface area (Å²) in [6.45, 7) is 13.9. The second-order valence-corrected chi connectivity index (χ2v) is 10.2. The van der Waals surface area contributed by atoms with Crippen LogP contribution in [-0.2, 0) is 14.0 Å². The Hall–Kier alpha value is -2.13. The minimum Gasteiger partial charge on any atom is -0.444 e. The molecule has 0 radical (unpaired) electrons. The minimum atomic E-state index is -0.896. The van der Waals surface area contributed by atoms with Crippen LogP contribution in [0.1, 0.15) is 65.2 Å². The van der Waals surface area contributed by atoms with E-state index in [9.17, 15) is 14.0 Å². The summed E-state index contributed by atoms with van der Waals surface area (Å²) in [6.07, 6.45) is 0.227. The molecule has 2 aliphatic heterocycles. The number of nitrogens with one attached hydrogen (secondary N) is 1. The Balaban J connectivity index is 1.66. The maximum absolute atomic E-state index is 14.5. The Labute approximate surface area is 183 Å². The summed E-state index contributed by atoms with van der Waals surface area (Å²) in [4.78, 5) is 26.6. The summed E-state index contributed by atoms with van der Waals surface area (Å²) >= 11 is 0. The van der Waals surface area contributed by atoms with Gasteiger partial charge in [-0.1, -0.05) is 0 Å². The van der Waals surface area contributed by atoms with Crippen molar-refractivity contribution in [2.75, 3.05) is 13.1 Å². The van der Waals surface area contributed by atoms with Crippen molar-refractivity contribution in [2.45, 2.75) is 77.7 Å². The summed E-state index contributed by atoms with van der Waals surface area (Å²) in [7, 11) is -0.896. The SMILES string of the molecule is CC(C)(C)OC(=O)N1CCC(NC(=O)c2ccc(F)c(B3OC(C)(C)C(C)(C)O3)c2)C1. The standard InChI is InChI=1S/C22H32BFN2O5/c1-20(2,3)29-19(28)26-11-10-15(13-26)25-18(27)14-8-9-17(24)16(12-14)23-30-21(4,5)22(6,7)31-23/h8-9,12,15H,10-11,13H2,1-7H3,(H,25,27). The van der Waals surface area contributed by atoms with Gasteiger partial charge in [-0.25, -0.2) is 9.18 Å². The molecular weight excluding hydrogens is 402 g/mol. The highest BCUT2D eigenvalue weighted by Gasteiger charge is 2.52. The zero-order valence-electron chi connectivity index (χ0n) is 19.4. The molecule has 0 bridgehead atoms. The van der Waals surface area contributed by atoms with Gasteiger partial charge in [0.05, 0.1) is 11.2 Å². The molecular formula is C22H32BFN2O5. The molecule has 31 heavy (non-hydrogen) atoms. The molecule has 1 unspecified atom stereocenters. The monoisotopic (exact) mass is 434 g/mol. The first-order chi connectivity index (χ1) is 14.2. The Kier molecular flexibility index (Phi) is 6.14. The van der Waals surface area contributed by atoms with Crippen LogP contribution in [0.2, 0.25) is 0 Å². The number of likely N-dealkylation sites (tertiary alicyclic amines) is 1. The van der Waals surface area contributed by atoms with Gasteiger partial charge in [-0.3, -0.25) is 4.79 Å². The fraction of sp³-hybridized carbons (Fsp3) is 0.636. The first-order valence-corrected chi connectivity index (χ1v) is 10.6. The topological polar surface area (TPSA) is 77.1 Å². The molecule has 2 fully saturated rings. The predicted molar refractivity (Wildman–Crippen MR) is 116 cm³/mol. The summed E-state index contributed by atoms with van der Waals surface area (Å²) in [5.74, 6) is -0.833. The number of hydrogen-bond acceptors (Lipinski definition) is 5. The number of halogens is 1. The van der Waals surface area contributed by atoms with Crippen LogP contribution < -0.4 is 10.8 Å². The Morgan fingerprint density at radius 2 is 1.81 bits per heavy atom. The van der Waals surface area contributed by atoms with E-state index in [2.05, 4.69) is 5.32 Å². The largest absolute Gasteiger partial charge is 0.497 e. The fourth-order valence-corrected chi connectivity index (χ4v) is 3.47. The average molecular weight is 434 g/mol. The summed E-state index contributed by atoms with van der Waals surface area (Å²) in [6, 6.07) is 3.94. The maximum Gasteiger partial charge on any atom is 0.497 e. The quantitative estimate of drug-likeness (QED) is 0.741. The molecule has 2 aliphatic rings. The average Bonchev–Trinajstić information content (AvgIpc) is 3.16. The molecule has 2 saturated heterocycles. The van der Waals surface area contributed by atoms with Gasteiger partial charge in [0, 0.05) is 30.2 Å². The Bertz CT molecular complexity index is 852. The lowest BCUT2D eigenvalue weighted by atomic mass is 9.78. The lowest BCUT2D eigenvalue weighted by Crippen LogP contribution is -2.41. The van der Waals surface area contributed by atoms with E-state index in [1.807, 2.05) is 48.5 Å². The molecule has 1 N–H and O–H groups in total. The molecule has 0 aromatic heterocycles. The molecule has 1 aromatic rings. The second-order valence-electron chi connectivity index (χ2n) is 10.2. The van der Waals surface area contributed by atoms with Gasteiger partial charge in [0.25, 0.3) is 5.91 Å². The third-order valence-corrected chi connectivity index (χ3v) is 5.94. The van der Waals surface area contributed by atoms with Gasteiger partial charge in [-0.2, -0.15) is 0 Å². The smallest absolute Gasteiger partial charge is 0.444 e. The highest BCUT2D eigenvalue weighted by atomic mass is 19.1. The number of carbonyl (C=O) groups is 2. The second kappa shape index (κ2) is 8.09. The lowest BCUT2D eigenvalue weighted by molar-refractivity contribution is 0.00578. The van der Waals surface area contributed by atoms with Gasteiger partial charge in [0.15, 0.2) is 0 Å². The van der Waals surface area contributed by atoms with Crippen LogP contribution in [0.25, 0.3) is 0 Å². The van der Waals surface area contributed by atoms with E-state index in [1.165, 1.54) is 18.2 Å². The lowest BCUT2D eigenvalue weighted by Gasteiger charge is -2.32. The molecule has 170 valence electrons. The molecule has 2 amide bonds. The van der Waals surface area contributed by atoms with Gasteiger partial charge in [0.2, 0.25) is 0 Å². The maximum atomic E-state index is 14.5. The molecule has 0 aliphatic carbocycles. The van der Waals surface area contributed by atoms with Crippen LogP contribution in [0.15, 0.2) is 18.2 Å². The van der Waals surface area contributed by atoms with E-state index in [0.717, 1.165) is 0 Å². The van der Waals surface area contributed by atoms with Crippen molar-refractivity contribution in [2.24, 2.45) is 0 Å². The van der Waals surface area contributed by atoms with Crippen LogP contribution in [0.4, 0.5) is 9.18 Å². The molecule has 1 atom stereocenters. The normalized spacial score (nSPS) is 22.5. The highest BCUT2D eigenvalue weighted by Crippen LogP contribution is 2.36. The van der Waals surface area contributed by atoms with Crippen molar-refractivity contribution in [3.63, 3.8) is 0 Å². The first kappa shape index (κ1) is 23.5. The minimum absolute atomic E-state index is 0.188. The summed E-state index contributed by atoms with van der Waals surface area (Å²) in [5.41, 5.74) is -1.31. The van der Waals surface area contributed by atoms with Gasteiger partial charge in [-0.15, -0.1) is 0 Å². The highest BCUT2D eigenvalue weighted by molar-refractivity contribution is 6.62. The van der Waals surface area contributed by atoms with E-state index in [4.69, 9.17) is 14.0 Å². The van der Waals surface area contributed by atoms with Crippen LogP contribution >= 0.6 is 0 Å². The molecule has 0 spiro atoms. The molecule has 3 rings (SSSR count). The van der Waals surface area contributed by atoms with Gasteiger partial charge >= 0.3 is 13.2 Å². The van der Waals surface area contributed by atoms with Crippen molar-refractivity contribution in [1.82, 2.24) is 10.2 Å². The number of ether oxygens (including phenoxy) is 1. The third kappa shape index (κ3) is 5.21. The van der Waals surface area contributed by atoms with Crippen molar-refractivity contribution >= 4 is 24.6 Å². The first-order valence-electron chi connectivity index (χ1n) is 10.6. The zero-order valence-corrected chi connectivity index (χ0v) is 19.4.